The van der Waals surface area contributed by atoms with Crippen molar-refractivity contribution >= 4 is 17.4 Å². The maximum Gasteiger partial charge on any atom is 0.148 e. The summed E-state index contributed by atoms with van der Waals surface area (Å²) in [6, 6.07) is 11.7. The quantitative estimate of drug-likeness (QED) is 0.461. The number of aliphatic carboxylic acids is 1. The van der Waals surface area contributed by atoms with Gasteiger partial charge < -0.3 is 9.90 Å². The van der Waals surface area contributed by atoms with E-state index in [0.29, 0.717) is 30.7 Å². The van der Waals surface area contributed by atoms with Crippen LogP contribution in [0.3, 0.4) is 0 Å². The zero-order valence-corrected chi connectivity index (χ0v) is 12.5. The zero-order valence-electron chi connectivity index (χ0n) is 12.5. The Bertz CT molecular complexity index is 675. The number of para-hydroxylation sites is 1. The minimum Gasteiger partial charge on any atom is -0.550 e. The van der Waals surface area contributed by atoms with E-state index in [4.69, 9.17) is 0 Å². The van der Waals surface area contributed by atoms with Gasteiger partial charge in [0.25, 0.3) is 0 Å². The lowest BCUT2D eigenvalue weighted by Gasteiger charge is -2.08. The number of nitrogens with zero attached hydrogens (tertiary/aromatic N) is 2. The van der Waals surface area contributed by atoms with Gasteiger partial charge in [-0.3, -0.25) is 10.4 Å². The number of carbonyl (C=O) groups is 1. The number of pyridine rings is 1. The maximum atomic E-state index is 13.6. The van der Waals surface area contributed by atoms with Crippen LogP contribution < -0.4 is 10.5 Å². The first kappa shape index (κ1) is 16.6. The van der Waals surface area contributed by atoms with Gasteiger partial charge in [0, 0.05) is 12.2 Å². The Kier molecular flexibility index (Phi) is 6.23. The third-order valence-electron chi connectivity index (χ3n) is 3.19. The molecule has 0 aliphatic heterocycles. The number of hydrogen-bond acceptors (Lipinski definition) is 5. The Morgan fingerprint density at radius 1 is 1.13 bits per heavy atom. The molecular formula is C17H17FN3O2-. The molecule has 0 fully saturated rings. The fourth-order valence-electron chi connectivity index (χ4n) is 2.02. The van der Waals surface area contributed by atoms with E-state index in [0.717, 1.165) is 0 Å². The van der Waals surface area contributed by atoms with Crippen LogP contribution in [-0.4, -0.2) is 16.7 Å². The summed E-state index contributed by atoms with van der Waals surface area (Å²) in [5, 5.41) is 14.7. The summed E-state index contributed by atoms with van der Waals surface area (Å²) in [6.07, 6.45) is 3.31. The molecule has 0 radical (unpaired) electrons. The molecule has 0 saturated carbocycles. The highest BCUT2D eigenvalue weighted by atomic mass is 19.1. The van der Waals surface area contributed by atoms with Gasteiger partial charge in [-0.05, 0) is 49.9 Å². The summed E-state index contributed by atoms with van der Waals surface area (Å²) in [7, 11) is 0. The second-order valence-electron chi connectivity index (χ2n) is 4.94. The number of hydrazone groups is 1. The predicted molar refractivity (Wildman–Crippen MR) is 84.3 cm³/mol. The fraction of sp³-hybridized carbons (Fsp3) is 0.235. The number of anilines is 1. The molecule has 0 amide bonds. The van der Waals surface area contributed by atoms with Crippen LogP contribution in [0.1, 0.15) is 31.4 Å². The number of nitrogens with one attached hydrogen (secondary N) is 1. The number of hydrogen-bond donors (Lipinski definition) is 1. The van der Waals surface area contributed by atoms with Crippen LogP contribution in [-0.2, 0) is 4.79 Å². The number of aromatic nitrogens is 1. The monoisotopic (exact) mass is 314 g/mol. The van der Waals surface area contributed by atoms with Crippen LogP contribution in [0.25, 0.3) is 0 Å². The van der Waals surface area contributed by atoms with Crippen LogP contribution in [0, 0.1) is 5.82 Å². The van der Waals surface area contributed by atoms with Crippen molar-refractivity contribution in [3.05, 3.63) is 60.2 Å². The van der Waals surface area contributed by atoms with Gasteiger partial charge in [-0.2, -0.15) is 5.10 Å². The molecule has 5 nitrogen and oxygen atoms in total. The molecule has 0 spiro atoms. The third-order valence-corrected chi connectivity index (χ3v) is 3.19. The number of benzene rings is 1. The number of carboxylic acid groups (broad SMARTS) is 1. The van der Waals surface area contributed by atoms with E-state index in [9.17, 15) is 14.3 Å². The standard InChI is InChI=1S/C17H18FN3O2/c18-13-7-1-2-8-14(13)20-21-16(10-3-4-11-17(22)23)15-9-5-6-12-19-15/h1-2,5-9,12,20H,3-4,10-11H2,(H,22,23)/p-1/b21-16-. The Hall–Kier alpha value is -2.76. The first-order valence-corrected chi connectivity index (χ1v) is 7.35. The second-order valence-corrected chi connectivity index (χ2v) is 4.94. The number of rotatable bonds is 8. The topological polar surface area (TPSA) is 77.4 Å². The molecule has 2 aromatic rings. The maximum absolute atomic E-state index is 13.6. The van der Waals surface area contributed by atoms with Gasteiger partial charge in [0.15, 0.2) is 0 Å². The Labute approximate surface area is 133 Å². The minimum atomic E-state index is -1.06. The SMILES string of the molecule is O=C([O-])CCCC/C(=N/Nc1ccccc1F)c1ccccn1. The number of unbranched alkanes of at least 4 members (excludes halogenated alkanes) is 1. The Morgan fingerprint density at radius 3 is 2.57 bits per heavy atom. The molecule has 1 N–H and O–H groups in total. The Morgan fingerprint density at radius 2 is 1.87 bits per heavy atom. The highest BCUT2D eigenvalue weighted by molar-refractivity contribution is 5.99. The molecular weight excluding hydrogens is 297 g/mol. The molecule has 0 saturated heterocycles. The molecule has 120 valence electrons. The number of carbonyl (C=O) groups excluding carboxylic acids is 1. The summed E-state index contributed by atoms with van der Waals surface area (Å²) >= 11 is 0. The van der Waals surface area contributed by atoms with Gasteiger partial charge in [-0.1, -0.05) is 18.2 Å². The number of halogens is 1. The zero-order chi connectivity index (χ0) is 16.5. The number of carboxylic acids is 1. The average Bonchev–Trinajstić information content (AvgIpc) is 2.56. The van der Waals surface area contributed by atoms with Gasteiger partial charge >= 0.3 is 0 Å². The van der Waals surface area contributed by atoms with Gasteiger partial charge in [0.05, 0.1) is 17.1 Å². The van der Waals surface area contributed by atoms with Crippen molar-refractivity contribution in [2.75, 3.05) is 5.43 Å². The van der Waals surface area contributed by atoms with E-state index in [1.54, 1.807) is 36.5 Å². The predicted octanol–water partition coefficient (Wildman–Crippen LogP) is 2.35. The van der Waals surface area contributed by atoms with Crippen molar-refractivity contribution in [2.45, 2.75) is 25.7 Å². The summed E-state index contributed by atoms with van der Waals surface area (Å²) < 4.78 is 13.6. The van der Waals surface area contributed by atoms with Crippen LogP contribution in [0.2, 0.25) is 0 Å². The molecule has 0 aliphatic carbocycles. The molecule has 0 bridgehead atoms. The van der Waals surface area contributed by atoms with E-state index in [1.807, 2.05) is 6.07 Å². The lowest BCUT2D eigenvalue weighted by atomic mass is 10.1. The van der Waals surface area contributed by atoms with E-state index in [-0.39, 0.29) is 12.1 Å². The lowest BCUT2D eigenvalue weighted by Crippen LogP contribution is -2.21. The second kappa shape index (κ2) is 8.63. The Balaban J connectivity index is 2.08. The molecule has 1 aromatic heterocycles. The highest BCUT2D eigenvalue weighted by Crippen LogP contribution is 2.14. The lowest BCUT2D eigenvalue weighted by molar-refractivity contribution is -0.305. The van der Waals surface area contributed by atoms with E-state index < -0.39 is 11.8 Å². The van der Waals surface area contributed by atoms with Gasteiger partial charge in [-0.25, -0.2) is 4.39 Å². The van der Waals surface area contributed by atoms with Crippen molar-refractivity contribution < 1.29 is 14.3 Å². The molecule has 0 atom stereocenters. The van der Waals surface area contributed by atoms with Crippen molar-refractivity contribution in [3.63, 3.8) is 0 Å². The van der Waals surface area contributed by atoms with Crippen LogP contribution >= 0.6 is 0 Å². The summed E-state index contributed by atoms with van der Waals surface area (Å²) in [6.45, 7) is 0. The van der Waals surface area contributed by atoms with Gasteiger partial charge in [0.2, 0.25) is 0 Å². The minimum absolute atomic E-state index is 0.0102. The average molecular weight is 314 g/mol. The van der Waals surface area contributed by atoms with Gasteiger partial charge in [0.1, 0.15) is 5.82 Å². The fourth-order valence-corrected chi connectivity index (χ4v) is 2.02. The molecule has 1 heterocycles. The summed E-state index contributed by atoms with van der Waals surface area (Å²) in [5.41, 5.74) is 4.30. The summed E-state index contributed by atoms with van der Waals surface area (Å²) in [5.74, 6) is -1.46. The third kappa shape index (κ3) is 5.50. The van der Waals surface area contributed by atoms with Crippen molar-refractivity contribution in [1.82, 2.24) is 4.98 Å². The van der Waals surface area contributed by atoms with E-state index in [1.165, 1.54) is 6.07 Å². The first-order valence-electron chi connectivity index (χ1n) is 7.35. The normalized spacial score (nSPS) is 11.3. The summed E-state index contributed by atoms with van der Waals surface area (Å²) in [4.78, 5) is 14.7. The van der Waals surface area contributed by atoms with Crippen LogP contribution in [0.5, 0.6) is 0 Å². The molecule has 6 heteroatoms. The molecule has 1 aromatic carbocycles. The molecule has 2 rings (SSSR count). The van der Waals surface area contributed by atoms with E-state index in [2.05, 4.69) is 15.5 Å². The van der Waals surface area contributed by atoms with Gasteiger partial charge in [-0.15, -0.1) is 0 Å². The highest BCUT2D eigenvalue weighted by Gasteiger charge is 2.06. The molecule has 23 heavy (non-hydrogen) atoms. The van der Waals surface area contributed by atoms with E-state index >= 15 is 0 Å². The smallest absolute Gasteiger partial charge is 0.148 e. The molecule has 0 aliphatic rings. The van der Waals surface area contributed by atoms with Crippen LogP contribution in [0.4, 0.5) is 10.1 Å². The van der Waals surface area contributed by atoms with Crippen LogP contribution in [0.15, 0.2) is 53.8 Å². The molecule has 0 unspecified atom stereocenters. The first-order chi connectivity index (χ1) is 11.2. The van der Waals surface area contributed by atoms with Crippen molar-refractivity contribution in [3.8, 4) is 0 Å². The van der Waals surface area contributed by atoms with Crippen molar-refractivity contribution in [2.24, 2.45) is 5.10 Å². The largest absolute Gasteiger partial charge is 0.550 e. The van der Waals surface area contributed by atoms with Crippen molar-refractivity contribution in [1.29, 1.82) is 0 Å².